The van der Waals surface area contributed by atoms with Gasteiger partial charge >= 0.3 is 0 Å². The average Bonchev–Trinajstić information content (AvgIpc) is 3.24. The molecule has 0 fully saturated rings. The highest BCUT2D eigenvalue weighted by atomic mass is 14.7. The Morgan fingerprint density at radius 2 is 1.33 bits per heavy atom. The van der Waals surface area contributed by atoms with Gasteiger partial charge in [0.05, 0.1) is 35.0 Å². The van der Waals surface area contributed by atoms with Crippen LogP contribution in [0.1, 0.15) is 45.7 Å². The van der Waals surface area contributed by atoms with Gasteiger partial charge in [0.1, 0.15) is 0 Å². The van der Waals surface area contributed by atoms with Crippen LogP contribution >= 0.6 is 0 Å². The number of nitrogens with zero attached hydrogens (tertiary/aromatic N) is 5. The molecule has 3 aromatic carbocycles. The van der Waals surface area contributed by atoms with E-state index in [1.165, 1.54) is 0 Å². The van der Waals surface area contributed by atoms with E-state index in [-0.39, 0.29) is 5.92 Å². The normalized spacial score (nSPS) is 15.7. The van der Waals surface area contributed by atoms with E-state index in [1.807, 2.05) is 30.5 Å². The molecule has 1 atom stereocenters. The topological polar surface area (TPSA) is 108 Å². The number of benzene rings is 3. The first-order chi connectivity index (χ1) is 14.7. The van der Waals surface area contributed by atoms with Gasteiger partial charge in [-0.3, -0.25) is 0 Å². The van der Waals surface area contributed by atoms with E-state index >= 15 is 0 Å². The van der Waals surface area contributed by atoms with Gasteiger partial charge in [0.15, 0.2) is 0 Å². The Morgan fingerprint density at radius 1 is 0.667 bits per heavy atom. The molecular formula is C25H11N5. The van der Waals surface area contributed by atoms with E-state index in [0.29, 0.717) is 23.3 Å². The fourth-order valence-electron chi connectivity index (χ4n) is 4.56. The van der Waals surface area contributed by atoms with Crippen molar-refractivity contribution in [3.63, 3.8) is 0 Å². The molecule has 0 aromatic heterocycles. The van der Waals surface area contributed by atoms with Gasteiger partial charge in [-0.2, -0.15) is 26.0 Å². The highest BCUT2D eigenvalue weighted by Crippen LogP contribution is 2.50. The number of rotatable bonds is 1. The Bertz CT molecular complexity index is 1470. The largest absolute Gasteiger partial charge is 0.206 e. The van der Waals surface area contributed by atoms with E-state index < -0.39 is 0 Å². The second-order valence-corrected chi connectivity index (χ2v) is 7.25. The van der Waals surface area contributed by atoms with Crippen LogP contribution in [0.3, 0.4) is 0 Å². The smallest absolute Gasteiger partial charge is 0.198 e. The average molecular weight is 381 g/mol. The fourth-order valence-corrected chi connectivity index (χ4v) is 4.56. The minimum Gasteiger partial charge on any atom is -0.198 e. The summed E-state index contributed by atoms with van der Waals surface area (Å²) in [5, 5.41) is 37.3. The number of fused-ring (bicyclic) bond motifs is 6. The van der Waals surface area contributed by atoms with Gasteiger partial charge in [0.25, 0.3) is 0 Å². The zero-order valence-corrected chi connectivity index (χ0v) is 15.6. The molecule has 136 valence electrons. The monoisotopic (exact) mass is 381 g/mol. The lowest BCUT2D eigenvalue weighted by molar-refractivity contribution is 0.863. The molecule has 0 bridgehead atoms. The molecule has 0 spiro atoms. The van der Waals surface area contributed by atoms with E-state index in [9.17, 15) is 21.0 Å². The minimum absolute atomic E-state index is 0.139. The molecule has 5 heteroatoms. The molecule has 2 aliphatic carbocycles. The Morgan fingerprint density at radius 3 is 2.03 bits per heavy atom. The Labute approximate surface area is 173 Å². The molecule has 0 aliphatic heterocycles. The van der Waals surface area contributed by atoms with E-state index in [1.54, 1.807) is 18.2 Å². The van der Waals surface area contributed by atoms with Crippen molar-refractivity contribution < 1.29 is 0 Å². The first-order valence-corrected chi connectivity index (χ1v) is 9.31. The maximum atomic E-state index is 9.42. The first kappa shape index (κ1) is 17.4. The minimum atomic E-state index is -0.139. The quantitative estimate of drug-likeness (QED) is 0.443. The third-order valence-corrected chi connectivity index (χ3v) is 5.82. The lowest BCUT2D eigenvalue weighted by atomic mass is 9.91. The van der Waals surface area contributed by atoms with Crippen LogP contribution < -0.4 is 0 Å². The Balaban J connectivity index is 1.80. The maximum Gasteiger partial charge on any atom is 0.206 e. The summed E-state index contributed by atoms with van der Waals surface area (Å²) in [4.78, 5) is 4.06. The molecule has 3 aromatic rings. The number of nitriles is 4. The molecule has 1 unspecified atom stereocenters. The van der Waals surface area contributed by atoms with Crippen molar-refractivity contribution in [2.24, 2.45) is 4.99 Å². The van der Waals surface area contributed by atoms with Crippen LogP contribution in [-0.2, 0) is 0 Å². The van der Waals surface area contributed by atoms with Crippen molar-refractivity contribution in [3.05, 3.63) is 81.9 Å². The van der Waals surface area contributed by atoms with Gasteiger partial charge in [0, 0.05) is 23.5 Å². The lowest BCUT2D eigenvalue weighted by Gasteiger charge is -2.11. The summed E-state index contributed by atoms with van der Waals surface area (Å²) >= 11 is 0. The summed E-state index contributed by atoms with van der Waals surface area (Å²) in [5.41, 5.74) is 9.14. The third kappa shape index (κ3) is 2.28. The second-order valence-electron chi connectivity index (χ2n) is 7.25. The van der Waals surface area contributed by atoms with Crippen LogP contribution in [0.4, 0.5) is 0 Å². The van der Waals surface area contributed by atoms with Crippen molar-refractivity contribution in [3.8, 4) is 46.7 Å². The van der Waals surface area contributed by atoms with E-state index in [4.69, 9.17) is 0 Å². The van der Waals surface area contributed by atoms with Crippen LogP contribution in [0.15, 0.2) is 53.5 Å². The van der Waals surface area contributed by atoms with Crippen LogP contribution in [0.25, 0.3) is 22.3 Å². The van der Waals surface area contributed by atoms with Crippen molar-refractivity contribution in [1.29, 1.82) is 21.0 Å². The van der Waals surface area contributed by atoms with E-state index in [0.717, 1.165) is 44.5 Å². The number of aliphatic imine (C=N–C) groups is 1. The van der Waals surface area contributed by atoms with Gasteiger partial charge < -0.3 is 0 Å². The van der Waals surface area contributed by atoms with E-state index in [2.05, 4.69) is 29.3 Å². The van der Waals surface area contributed by atoms with Gasteiger partial charge in [-0.05, 0) is 69.8 Å². The van der Waals surface area contributed by atoms with Crippen LogP contribution in [0, 0.1) is 45.4 Å². The fraction of sp³-hybridized carbons (Fsp3) is 0.0800. The van der Waals surface area contributed by atoms with Crippen LogP contribution in [-0.4, -0.2) is 5.71 Å². The van der Waals surface area contributed by atoms with Crippen molar-refractivity contribution >= 4 is 5.71 Å². The second kappa shape index (κ2) is 6.42. The molecule has 0 saturated carbocycles. The summed E-state index contributed by atoms with van der Waals surface area (Å²) in [6.07, 6.45) is 2.18. The summed E-state index contributed by atoms with van der Waals surface area (Å²) in [7, 11) is 0. The van der Waals surface area contributed by atoms with Gasteiger partial charge in [-0.1, -0.05) is 12.1 Å². The summed E-state index contributed by atoms with van der Waals surface area (Å²) < 4.78 is 0. The molecular weight excluding hydrogens is 370 g/mol. The molecule has 0 amide bonds. The van der Waals surface area contributed by atoms with Gasteiger partial charge in [0.2, 0.25) is 6.19 Å². The molecule has 0 heterocycles. The zero-order valence-electron chi connectivity index (χ0n) is 15.6. The van der Waals surface area contributed by atoms with Crippen molar-refractivity contribution in [2.45, 2.75) is 12.3 Å². The molecule has 0 radical (unpaired) electrons. The summed E-state index contributed by atoms with van der Waals surface area (Å²) in [5.74, 6) is -0.139. The predicted octanol–water partition coefficient (Wildman–Crippen LogP) is 4.75. The molecule has 0 saturated heterocycles. The van der Waals surface area contributed by atoms with Crippen LogP contribution in [0.2, 0.25) is 0 Å². The highest BCUT2D eigenvalue weighted by molar-refractivity contribution is 6.25. The van der Waals surface area contributed by atoms with Crippen LogP contribution in [0.5, 0.6) is 0 Å². The number of hydrogen-bond acceptors (Lipinski definition) is 5. The SMILES string of the molecule is N#CCC1c2cc(C#N)ccc2-c2cc3c(cc21)C(=NC#N)c1cc(C#N)ccc1-3. The van der Waals surface area contributed by atoms with Gasteiger partial charge in [-0.25, -0.2) is 0 Å². The maximum absolute atomic E-state index is 9.42. The lowest BCUT2D eigenvalue weighted by Crippen LogP contribution is -2.01. The van der Waals surface area contributed by atoms with Crippen molar-refractivity contribution in [1.82, 2.24) is 0 Å². The summed E-state index contributed by atoms with van der Waals surface area (Å²) in [6, 6.07) is 21.7. The zero-order chi connectivity index (χ0) is 20.8. The van der Waals surface area contributed by atoms with Crippen molar-refractivity contribution in [2.75, 3.05) is 0 Å². The standard InChI is InChI=1S/C25H11N5/c26-6-5-18-19-7-14(11-27)1-3-16(19)20-9-22-17-4-2-15(12-28)8-23(17)25(30-13-29)24(22)10-21(18)20/h1-4,7-10,18H,5H2. The summed E-state index contributed by atoms with van der Waals surface area (Å²) in [6.45, 7) is 0. The highest BCUT2D eigenvalue weighted by Gasteiger charge is 2.34. The first-order valence-electron chi connectivity index (χ1n) is 9.31. The van der Waals surface area contributed by atoms with Gasteiger partial charge in [-0.15, -0.1) is 0 Å². The third-order valence-electron chi connectivity index (χ3n) is 5.82. The molecule has 5 rings (SSSR count). The number of hydrogen-bond donors (Lipinski definition) is 0. The molecule has 30 heavy (non-hydrogen) atoms. The molecule has 5 nitrogen and oxygen atoms in total. The Hall–Kier alpha value is -4.71. The predicted molar refractivity (Wildman–Crippen MR) is 110 cm³/mol. The molecule has 2 aliphatic rings. The Kier molecular flexibility index (Phi) is 3.72. The molecule has 0 N–H and O–H groups in total.